The highest BCUT2D eigenvalue weighted by atomic mass is 16.5. The van der Waals surface area contributed by atoms with Gasteiger partial charge in [-0.3, -0.25) is 9.59 Å². The lowest BCUT2D eigenvalue weighted by Gasteiger charge is -2.22. The van der Waals surface area contributed by atoms with Gasteiger partial charge >= 0.3 is 0 Å². The molecule has 0 aliphatic carbocycles. The summed E-state index contributed by atoms with van der Waals surface area (Å²) in [5, 5.41) is 11.6. The summed E-state index contributed by atoms with van der Waals surface area (Å²) in [6, 6.07) is 13.7. The van der Waals surface area contributed by atoms with Gasteiger partial charge in [0.1, 0.15) is 17.5 Å². The Bertz CT molecular complexity index is 884. The summed E-state index contributed by atoms with van der Waals surface area (Å²) < 4.78 is 5.82. The third-order valence-electron chi connectivity index (χ3n) is 4.44. The Labute approximate surface area is 152 Å². The highest BCUT2D eigenvalue weighted by Gasteiger charge is 2.31. The van der Waals surface area contributed by atoms with Crippen molar-refractivity contribution in [1.29, 1.82) is 5.26 Å². The zero-order chi connectivity index (χ0) is 18.7. The van der Waals surface area contributed by atoms with Gasteiger partial charge in [-0.2, -0.15) is 5.26 Å². The Kier molecular flexibility index (Phi) is 4.90. The molecule has 0 bridgehead atoms. The molecule has 132 valence electrons. The molecule has 0 radical (unpaired) electrons. The zero-order valence-corrected chi connectivity index (χ0v) is 14.7. The average Bonchev–Trinajstić information content (AvgIpc) is 3.08. The van der Waals surface area contributed by atoms with E-state index < -0.39 is 6.04 Å². The molecule has 1 N–H and O–H groups in total. The number of hydrogen-bond acceptors (Lipinski definition) is 4. The van der Waals surface area contributed by atoms with E-state index in [0.717, 1.165) is 5.56 Å². The molecule has 2 amide bonds. The topological polar surface area (TPSA) is 82.4 Å². The Morgan fingerprint density at radius 2 is 2.00 bits per heavy atom. The number of nitrogens with zero attached hydrogens (tertiary/aromatic N) is 2. The van der Waals surface area contributed by atoms with Gasteiger partial charge < -0.3 is 15.0 Å². The number of nitrogens with one attached hydrogen (secondary N) is 1. The molecule has 1 aliphatic heterocycles. The van der Waals surface area contributed by atoms with Crippen molar-refractivity contribution in [1.82, 2.24) is 10.2 Å². The third-order valence-corrected chi connectivity index (χ3v) is 4.44. The first kappa shape index (κ1) is 17.5. The van der Waals surface area contributed by atoms with Crippen LogP contribution in [0.1, 0.15) is 27.9 Å². The van der Waals surface area contributed by atoms with Crippen LogP contribution in [0.2, 0.25) is 0 Å². The van der Waals surface area contributed by atoms with Gasteiger partial charge in [0, 0.05) is 19.2 Å². The molecule has 3 rings (SSSR count). The van der Waals surface area contributed by atoms with Gasteiger partial charge in [0.25, 0.3) is 5.91 Å². The summed E-state index contributed by atoms with van der Waals surface area (Å²) in [4.78, 5) is 25.8. The van der Waals surface area contributed by atoms with Crippen LogP contribution in [0, 0.1) is 18.3 Å². The SMILES string of the molecule is Cc1cc(C#N)ccc1Oc1ccc(C(=O)N(C)C2CCNC2=O)cc1. The van der Waals surface area contributed by atoms with Crippen molar-refractivity contribution in [2.75, 3.05) is 13.6 Å². The fourth-order valence-corrected chi connectivity index (χ4v) is 2.92. The number of carbonyl (C=O) groups excluding carboxylic acids is 2. The van der Waals surface area contributed by atoms with Crippen LogP contribution in [-0.2, 0) is 4.79 Å². The van der Waals surface area contributed by atoms with Crippen LogP contribution in [0.25, 0.3) is 0 Å². The molecule has 1 saturated heterocycles. The second-order valence-electron chi connectivity index (χ2n) is 6.23. The van der Waals surface area contributed by atoms with E-state index in [2.05, 4.69) is 11.4 Å². The van der Waals surface area contributed by atoms with Crippen LogP contribution in [-0.4, -0.2) is 36.3 Å². The fourth-order valence-electron chi connectivity index (χ4n) is 2.92. The Morgan fingerprint density at radius 1 is 1.27 bits per heavy atom. The second-order valence-corrected chi connectivity index (χ2v) is 6.23. The minimum Gasteiger partial charge on any atom is -0.457 e. The molecule has 6 nitrogen and oxygen atoms in total. The first-order valence-corrected chi connectivity index (χ1v) is 8.33. The lowest BCUT2D eigenvalue weighted by atomic mass is 10.1. The molecule has 2 aromatic carbocycles. The van der Waals surface area contributed by atoms with Crippen molar-refractivity contribution in [3.8, 4) is 17.6 Å². The van der Waals surface area contributed by atoms with E-state index in [9.17, 15) is 9.59 Å². The predicted molar refractivity (Wildman–Crippen MR) is 95.9 cm³/mol. The van der Waals surface area contributed by atoms with Crippen LogP contribution < -0.4 is 10.1 Å². The van der Waals surface area contributed by atoms with Gasteiger partial charge in [-0.25, -0.2) is 0 Å². The van der Waals surface area contributed by atoms with Crippen LogP contribution in [0.15, 0.2) is 42.5 Å². The minimum atomic E-state index is -0.417. The summed E-state index contributed by atoms with van der Waals surface area (Å²) in [5.41, 5.74) is 1.93. The molecule has 2 aromatic rings. The molecule has 0 saturated carbocycles. The number of likely N-dealkylation sites (N-methyl/N-ethyl adjacent to an activating group) is 1. The number of benzene rings is 2. The highest BCUT2D eigenvalue weighted by Crippen LogP contribution is 2.26. The normalized spacial score (nSPS) is 15.9. The number of amides is 2. The van der Waals surface area contributed by atoms with E-state index >= 15 is 0 Å². The number of nitriles is 1. The first-order valence-electron chi connectivity index (χ1n) is 8.33. The molecular weight excluding hydrogens is 330 g/mol. The van der Waals surface area contributed by atoms with Gasteiger partial charge in [0.05, 0.1) is 11.6 Å². The van der Waals surface area contributed by atoms with E-state index in [-0.39, 0.29) is 11.8 Å². The smallest absolute Gasteiger partial charge is 0.254 e. The van der Waals surface area contributed by atoms with Gasteiger partial charge in [-0.15, -0.1) is 0 Å². The van der Waals surface area contributed by atoms with Crippen LogP contribution in [0.5, 0.6) is 11.5 Å². The summed E-state index contributed by atoms with van der Waals surface area (Å²) >= 11 is 0. The molecule has 0 spiro atoms. The predicted octanol–water partition coefficient (Wildman–Crippen LogP) is 2.62. The zero-order valence-electron chi connectivity index (χ0n) is 14.7. The maximum absolute atomic E-state index is 12.5. The molecule has 1 unspecified atom stereocenters. The highest BCUT2D eigenvalue weighted by molar-refractivity contribution is 5.98. The lowest BCUT2D eigenvalue weighted by molar-refractivity contribution is -0.122. The maximum Gasteiger partial charge on any atom is 0.254 e. The van der Waals surface area contributed by atoms with Crippen molar-refractivity contribution in [3.63, 3.8) is 0 Å². The fraction of sp³-hybridized carbons (Fsp3) is 0.250. The summed E-state index contributed by atoms with van der Waals surface area (Å²) in [7, 11) is 1.64. The van der Waals surface area contributed by atoms with Crippen molar-refractivity contribution in [2.24, 2.45) is 0 Å². The Morgan fingerprint density at radius 3 is 2.58 bits per heavy atom. The van der Waals surface area contributed by atoms with E-state index in [4.69, 9.17) is 10.00 Å². The first-order chi connectivity index (χ1) is 12.5. The average molecular weight is 349 g/mol. The second kappa shape index (κ2) is 7.28. The number of ether oxygens (including phenoxy) is 1. The summed E-state index contributed by atoms with van der Waals surface area (Å²) in [6.07, 6.45) is 0.625. The molecule has 1 heterocycles. The lowest BCUT2D eigenvalue weighted by Crippen LogP contribution is -2.41. The Hall–Kier alpha value is -3.33. The largest absolute Gasteiger partial charge is 0.457 e. The van der Waals surface area contributed by atoms with Crippen molar-refractivity contribution < 1.29 is 14.3 Å². The van der Waals surface area contributed by atoms with E-state index in [1.165, 1.54) is 4.90 Å². The molecular formula is C20H19N3O3. The van der Waals surface area contributed by atoms with Gasteiger partial charge in [0.15, 0.2) is 0 Å². The third kappa shape index (κ3) is 3.52. The van der Waals surface area contributed by atoms with Gasteiger partial charge in [0.2, 0.25) is 5.91 Å². The number of aryl methyl sites for hydroxylation is 1. The molecule has 1 atom stereocenters. The van der Waals surface area contributed by atoms with Crippen molar-refractivity contribution in [3.05, 3.63) is 59.2 Å². The Balaban J connectivity index is 1.71. The van der Waals surface area contributed by atoms with Gasteiger partial charge in [-0.1, -0.05) is 0 Å². The van der Waals surface area contributed by atoms with Crippen LogP contribution >= 0.6 is 0 Å². The van der Waals surface area contributed by atoms with Crippen LogP contribution in [0.3, 0.4) is 0 Å². The molecule has 0 aromatic heterocycles. The van der Waals surface area contributed by atoms with Crippen LogP contribution in [0.4, 0.5) is 0 Å². The standard InChI is InChI=1S/C20H19N3O3/c1-13-11-14(12-21)3-8-18(13)26-16-6-4-15(5-7-16)20(25)23(2)17-9-10-22-19(17)24/h3-8,11,17H,9-10H2,1-2H3,(H,22,24). The quantitative estimate of drug-likeness (QED) is 0.920. The summed E-state index contributed by atoms with van der Waals surface area (Å²) in [6.45, 7) is 2.47. The molecule has 26 heavy (non-hydrogen) atoms. The molecule has 1 aliphatic rings. The summed E-state index contributed by atoms with van der Waals surface area (Å²) in [5.74, 6) is 0.934. The van der Waals surface area contributed by atoms with Gasteiger partial charge in [-0.05, 0) is 61.4 Å². The number of carbonyl (C=O) groups is 2. The van der Waals surface area contributed by atoms with E-state index in [0.29, 0.717) is 35.6 Å². The van der Waals surface area contributed by atoms with Crippen molar-refractivity contribution >= 4 is 11.8 Å². The minimum absolute atomic E-state index is 0.114. The maximum atomic E-state index is 12.5. The monoisotopic (exact) mass is 349 g/mol. The van der Waals surface area contributed by atoms with E-state index in [1.807, 2.05) is 6.92 Å². The van der Waals surface area contributed by atoms with Crippen molar-refractivity contribution in [2.45, 2.75) is 19.4 Å². The van der Waals surface area contributed by atoms with E-state index in [1.54, 1.807) is 49.5 Å². The molecule has 1 fully saturated rings. The molecule has 6 heteroatoms. The number of rotatable bonds is 4. The number of hydrogen-bond donors (Lipinski definition) is 1.